The second kappa shape index (κ2) is 4.69. The first kappa shape index (κ1) is 12.1. The Balaban J connectivity index is 2.69. The number of rotatable bonds is 3. The smallest absolute Gasteiger partial charge is 0.219 e. The van der Waals surface area contributed by atoms with Gasteiger partial charge in [0.15, 0.2) is 0 Å². The van der Waals surface area contributed by atoms with Crippen molar-refractivity contribution in [3.63, 3.8) is 0 Å². The van der Waals surface area contributed by atoms with Crippen molar-refractivity contribution in [2.24, 2.45) is 0 Å². The quantitative estimate of drug-likeness (QED) is 0.671. The van der Waals surface area contributed by atoms with Crippen LogP contribution < -0.4 is 0 Å². The number of sulfonamides is 1. The number of hydrogen-bond acceptors (Lipinski definition) is 4. The lowest BCUT2D eigenvalue weighted by Crippen LogP contribution is -2.46. The Morgan fingerprint density at radius 2 is 1.93 bits per heavy atom. The summed E-state index contributed by atoms with van der Waals surface area (Å²) in [4.78, 5) is 0. The van der Waals surface area contributed by atoms with Gasteiger partial charge >= 0.3 is 0 Å². The van der Waals surface area contributed by atoms with Crippen LogP contribution in [-0.2, 0) is 20.8 Å². The molecule has 0 aliphatic carbocycles. The Hall–Kier alpha value is 0.0200. The summed E-state index contributed by atoms with van der Waals surface area (Å²) in [6, 6.07) is 0. The minimum absolute atomic E-state index is 0.305. The fraction of sp³-hybridized carbons (Fsp3) is 1.00. The SMILES string of the molecule is CC(CO)S(=O)(=O)N1CCS(=O)CC1. The Labute approximate surface area is 86.6 Å². The van der Waals surface area contributed by atoms with Crippen molar-refractivity contribution in [1.82, 2.24) is 4.31 Å². The predicted octanol–water partition coefficient (Wildman–Crippen LogP) is -1.24. The molecule has 0 radical (unpaired) electrons. The number of hydrogen-bond donors (Lipinski definition) is 1. The Bertz CT molecular complexity index is 304. The summed E-state index contributed by atoms with van der Waals surface area (Å²) in [6.45, 7) is 1.71. The monoisotopic (exact) mass is 241 g/mol. The molecular formula is C7H15NO4S2. The van der Waals surface area contributed by atoms with Crippen LogP contribution in [0.3, 0.4) is 0 Å². The van der Waals surface area contributed by atoms with Crippen molar-refractivity contribution in [2.45, 2.75) is 12.2 Å². The van der Waals surface area contributed by atoms with Crippen LogP contribution in [0.15, 0.2) is 0 Å². The van der Waals surface area contributed by atoms with Crippen LogP contribution in [-0.4, -0.2) is 58.5 Å². The van der Waals surface area contributed by atoms with Gasteiger partial charge in [0.1, 0.15) is 0 Å². The average molecular weight is 241 g/mol. The molecule has 1 heterocycles. The van der Waals surface area contributed by atoms with Gasteiger partial charge in [-0.1, -0.05) is 0 Å². The third-order valence-electron chi connectivity index (χ3n) is 2.26. The van der Waals surface area contributed by atoms with Gasteiger partial charge < -0.3 is 5.11 Å². The van der Waals surface area contributed by atoms with E-state index >= 15 is 0 Å². The lowest BCUT2D eigenvalue weighted by molar-refractivity contribution is 0.289. The highest BCUT2D eigenvalue weighted by Gasteiger charge is 2.30. The number of aliphatic hydroxyl groups excluding tert-OH is 1. The standard InChI is InChI=1S/C7H15NO4S2/c1-7(6-9)14(11,12)8-2-4-13(10)5-3-8/h7,9H,2-6H2,1H3. The number of nitrogens with zero attached hydrogens (tertiary/aromatic N) is 1. The summed E-state index contributed by atoms with van der Waals surface area (Å²) >= 11 is 0. The summed E-state index contributed by atoms with van der Waals surface area (Å²) in [5, 5.41) is 8.02. The van der Waals surface area contributed by atoms with E-state index in [2.05, 4.69) is 0 Å². The van der Waals surface area contributed by atoms with Gasteiger partial charge in [-0.05, 0) is 6.92 Å². The van der Waals surface area contributed by atoms with Gasteiger partial charge in [0.25, 0.3) is 0 Å². The first-order valence-corrected chi connectivity index (χ1v) is 7.42. The molecule has 0 amide bonds. The fourth-order valence-corrected chi connectivity index (χ4v) is 3.90. The van der Waals surface area contributed by atoms with Crippen LogP contribution in [0.5, 0.6) is 0 Å². The normalized spacial score (nSPS) is 23.6. The summed E-state index contributed by atoms with van der Waals surface area (Å²) in [6.07, 6.45) is 0. The molecule has 0 aromatic rings. The molecule has 1 fully saturated rings. The van der Waals surface area contributed by atoms with Crippen molar-refractivity contribution < 1.29 is 17.7 Å². The molecule has 0 spiro atoms. The Morgan fingerprint density at radius 1 is 1.43 bits per heavy atom. The molecule has 1 aliphatic rings. The molecule has 0 saturated carbocycles. The van der Waals surface area contributed by atoms with Crippen LogP contribution in [0.4, 0.5) is 0 Å². The van der Waals surface area contributed by atoms with Crippen LogP contribution in [0.25, 0.3) is 0 Å². The van der Waals surface area contributed by atoms with Gasteiger partial charge in [-0.25, -0.2) is 8.42 Å². The summed E-state index contributed by atoms with van der Waals surface area (Å²) < 4.78 is 35.7. The van der Waals surface area contributed by atoms with Gasteiger partial charge in [-0.3, -0.25) is 4.21 Å². The molecule has 1 saturated heterocycles. The zero-order valence-corrected chi connectivity index (χ0v) is 9.68. The zero-order chi connectivity index (χ0) is 10.8. The molecule has 1 rings (SSSR count). The largest absolute Gasteiger partial charge is 0.395 e. The molecule has 0 aromatic carbocycles. The summed E-state index contributed by atoms with van der Waals surface area (Å²) in [7, 11) is -4.27. The van der Waals surface area contributed by atoms with Gasteiger partial charge in [-0.2, -0.15) is 4.31 Å². The molecule has 1 N–H and O–H groups in total. The van der Waals surface area contributed by atoms with Crippen molar-refractivity contribution >= 4 is 20.8 Å². The first-order valence-electron chi connectivity index (χ1n) is 4.43. The highest BCUT2D eigenvalue weighted by Crippen LogP contribution is 2.11. The van der Waals surface area contributed by atoms with Crippen LogP contribution in [0.2, 0.25) is 0 Å². The second-order valence-corrected chi connectivity index (χ2v) is 7.33. The third-order valence-corrected chi connectivity index (χ3v) is 5.79. The van der Waals surface area contributed by atoms with E-state index in [1.807, 2.05) is 0 Å². The van der Waals surface area contributed by atoms with Crippen LogP contribution >= 0.6 is 0 Å². The van der Waals surface area contributed by atoms with Crippen molar-refractivity contribution in [3.05, 3.63) is 0 Å². The molecule has 14 heavy (non-hydrogen) atoms. The lowest BCUT2D eigenvalue weighted by Gasteiger charge is -2.27. The van der Waals surface area contributed by atoms with Crippen molar-refractivity contribution in [1.29, 1.82) is 0 Å². The van der Waals surface area contributed by atoms with Gasteiger partial charge in [0, 0.05) is 35.4 Å². The van der Waals surface area contributed by atoms with E-state index in [0.29, 0.717) is 24.6 Å². The molecular weight excluding hydrogens is 226 g/mol. The zero-order valence-electron chi connectivity index (χ0n) is 8.05. The maximum atomic E-state index is 11.7. The predicted molar refractivity (Wildman–Crippen MR) is 54.9 cm³/mol. The maximum absolute atomic E-state index is 11.7. The summed E-state index contributed by atoms with van der Waals surface area (Å²) in [5.41, 5.74) is 0. The molecule has 0 bridgehead atoms. The molecule has 0 aromatic heterocycles. The van der Waals surface area contributed by atoms with E-state index in [-0.39, 0.29) is 6.61 Å². The van der Waals surface area contributed by atoms with E-state index in [1.54, 1.807) is 0 Å². The molecule has 7 heteroatoms. The van der Waals surface area contributed by atoms with E-state index in [9.17, 15) is 12.6 Å². The van der Waals surface area contributed by atoms with Crippen molar-refractivity contribution in [3.8, 4) is 0 Å². The van der Waals surface area contributed by atoms with Crippen molar-refractivity contribution in [2.75, 3.05) is 31.2 Å². The van der Waals surface area contributed by atoms with E-state index in [0.717, 1.165) is 0 Å². The molecule has 1 aliphatic heterocycles. The maximum Gasteiger partial charge on any atom is 0.219 e. The van der Waals surface area contributed by atoms with E-state index in [4.69, 9.17) is 5.11 Å². The number of aliphatic hydroxyl groups is 1. The third kappa shape index (κ3) is 2.53. The topological polar surface area (TPSA) is 74.7 Å². The lowest BCUT2D eigenvalue weighted by atomic mass is 10.5. The summed E-state index contributed by atoms with van der Waals surface area (Å²) in [5.74, 6) is 0.800. The van der Waals surface area contributed by atoms with Gasteiger partial charge in [0.2, 0.25) is 10.0 Å². The highest BCUT2D eigenvalue weighted by atomic mass is 32.2. The molecule has 84 valence electrons. The van der Waals surface area contributed by atoms with Crippen LogP contribution in [0.1, 0.15) is 6.92 Å². The van der Waals surface area contributed by atoms with E-state index in [1.165, 1.54) is 11.2 Å². The fourth-order valence-electron chi connectivity index (χ4n) is 1.22. The Morgan fingerprint density at radius 3 is 2.36 bits per heavy atom. The molecule has 5 nitrogen and oxygen atoms in total. The first-order chi connectivity index (χ1) is 6.48. The second-order valence-electron chi connectivity index (χ2n) is 3.29. The van der Waals surface area contributed by atoms with Crippen LogP contribution in [0, 0.1) is 0 Å². The van der Waals surface area contributed by atoms with Gasteiger partial charge in [0.05, 0.1) is 11.9 Å². The van der Waals surface area contributed by atoms with Gasteiger partial charge in [-0.15, -0.1) is 0 Å². The highest BCUT2D eigenvalue weighted by molar-refractivity contribution is 7.90. The molecule has 1 atom stereocenters. The average Bonchev–Trinajstić information content (AvgIpc) is 2.17. The minimum Gasteiger partial charge on any atom is -0.395 e. The van der Waals surface area contributed by atoms with E-state index < -0.39 is 26.1 Å². The molecule has 1 unspecified atom stereocenters. The minimum atomic E-state index is -3.39. The Kier molecular flexibility index (Phi) is 4.05.